The number of esters is 1. The molecular formula is C31H33N3O4S. The van der Waals surface area contributed by atoms with E-state index in [2.05, 4.69) is 27.2 Å². The van der Waals surface area contributed by atoms with Crippen LogP contribution in [0.25, 0.3) is 11.1 Å². The lowest BCUT2D eigenvalue weighted by Gasteiger charge is -2.19. The molecule has 0 saturated carbocycles. The normalized spacial score (nSPS) is 12.1. The number of nitrogens with one attached hydrogen (secondary N) is 2. The quantitative estimate of drug-likeness (QED) is 0.262. The molecule has 1 atom stereocenters. The van der Waals surface area contributed by atoms with Crippen LogP contribution in [0.5, 0.6) is 0 Å². The number of hydrogen-bond donors (Lipinski definition) is 2. The van der Waals surface area contributed by atoms with E-state index in [0.717, 1.165) is 33.6 Å². The summed E-state index contributed by atoms with van der Waals surface area (Å²) in [5.41, 5.74) is 6.22. The second-order valence-corrected chi connectivity index (χ2v) is 11.2. The van der Waals surface area contributed by atoms with Crippen LogP contribution in [-0.2, 0) is 32.5 Å². The minimum atomic E-state index is -3.96. The molecule has 0 spiro atoms. The van der Waals surface area contributed by atoms with Crippen LogP contribution in [0.3, 0.4) is 0 Å². The van der Waals surface area contributed by atoms with Gasteiger partial charge in [-0.25, -0.2) is 13.4 Å². The average molecular weight is 544 g/mol. The topological polar surface area (TPSA) is 97.4 Å². The van der Waals surface area contributed by atoms with Crippen LogP contribution in [-0.4, -0.2) is 32.5 Å². The molecule has 0 saturated heterocycles. The molecule has 3 aromatic carbocycles. The van der Waals surface area contributed by atoms with Crippen LogP contribution in [0, 0.1) is 20.8 Å². The lowest BCUT2D eigenvalue weighted by Crippen LogP contribution is -2.43. The highest BCUT2D eigenvalue weighted by atomic mass is 32.2. The monoisotopic (exact) mass is 543 g/mol. The maximum Gasteiger partial charge on any atom is 0.324 e. The molecule has 0 bridgehead atoms. The number of pyridine rings is 1. The molecule has 1 aromatic heterocycles. The van der Waals surface area contributed by atoms with Crippen molar-refractivity contribution in [2.75, 3.05) is 12.4 Å². The highest BCUT2D eigenvalue weighted by Gasteiger charge is 2.29. The SMILES string of the molecule is COC(=O)C(Cc1ccc(-c2cccc(CNc3ccccn3)c2)cc1)NS(=O)(=O)c1c(C)cc(C)cc1C. The first-order valence-corrected chi connectivity index (χ1v) is 14.2. The predicted octanol–water partition coefficient (Wildman–Crippen LogP) is 5.35. The van der Waals surface area contributed by atoms with E-state index in [0.29, 0.717) is 17.7 Å². The van der Waals surface area contributed by atoms with Gasteiger partial charge in [-0.15, -0.1) is 0 Å². The number of aryl methyl sites for hydroxylation is 3. The van der Waals surface area contributed by atoms with Gasteiger partial charge in [-0.05, 0) is 78.8 Å². The largest absolute Gasteiger partial charge is 0.468 e. The first-order valence-electron chi connectivity index (χ1n) is 12.7. The number of sulfonamides is 1. The number of methoxy groups -OCH3 is 1. The Hall–Kier alpha value is -4.01. The molecule has 0 aliphatic rings. The van der Waals surface area contributed by atoms with Crippen molar-refractivity contribution in [1.82, 2.24) is 9.71 Å². The summed E-state index contributed by atoms with van der Waals surface area (Å²) in [7, 11) is -2.70. The molecule has 4 rings (SSSR count). The Labute approximate surface area is 230 Å². The van der Waals surface area contributed by atoms with Crippen molar-refractivity contribution in [2.24, 2.45) is 0 Å². The lowest BCUT2D eigenvalue weighted by molar-refractivity contribution is -0.142. The molecule has 8 heteroatoms. The van der Waals surface area contributed by atoms with Gasteiger partial charge in [0.25, 0.3) is 0 Å². The van der Waals surface area contributed by atoms with Crippen LogP contribution >= 0.6 is 0 Å². The minimum Gasteiger partial charge on any atom is -0.468 e. The fourth-order valence-electron chi connectivity index (χ4n) is 4.74. The Kier molecular flexibility index (Phi) is 8.79. The van der Waals surface area contributed by atoms with Gasteiger partial charge in [-0.1, -0.05) is 66.2 Å². The second kappa shape index (κ2) is 12.2. The standard InChI is InChI=1S/C31H33N3O4S/c1-21-16-22(2)30(23(3)17-21)39(36,37)34-28(31(35)38-4)19-24-11-13-26(14-12-24)27-9-7-8-25(18-27)20-33-29-10-5-6-15-32-29/h5-18,28,34H,19-20H2,1-4H3,(H,32,33). The number of nitrogens with zero attached hydrogens (tertiary/aromatic N) is 1. The molecule has 4 aromatic rings. The third-order valence-electron chi connectivity index (χ3n) is 6.45. The molecule has 1 heterocycles. The molecule has 0 amide bonds. The Morgan fingerprint density at radius 2 is 1.59 bits per heavy atom. The van der Waals surface area contributed by atoms with Gasteiger partial charge in [-0.2, -0.15) is 4.72 Å². The van der Waals surface area contributed by atoms with Gasteiger partial charge in [0, 0.05) is 12.7 Å². The van der Waals surface area contributed by atoms with Crippen molar-refractivity contribution < 1.29 is 17.9 Å². The van der Waals surface area contributed by atoms with E-state index >= 15 is 0 Å². The predicted molar refractivity (Wildman–Crippen MR) is 154 cm³/mol. The maximum absolute atomic E-state index is 13.3. The third-order valence-corrected chi connectivity index (χ3v) is 8.23. The van der Waals surface area contributed by atoms with Crippen molar-refractivity contribution in [2.45, 2.75) is 44.7 Å². The summed E-state index contributed by atoms with van der Waals surface area (Å²) in [6.45, 7) is 6.07. The fourth-order valence-corrected chi connectivity index (χ4v) is 6.38. The summed E-state index contributed by atoms with van der Waals surface area (Å²) in [6.07, 6.45) is 1.91. The number of hydrogen-bond acceptors (Lipinski definition) is 6. The van der Waals surface area contributed by atoms with E-state index in [1.807, 2.05) is 73.7 Å². The smallest absolute Gasteiger partial charge is 0.324 e. The Bertz CT molecular complexity index is 1530. The van der Waals surface area contributed by atoms with E-state index < -0.39 is 22.0 Å². The Morgan fingerprint density at radius 1 is 0.872 bits per heavy atom. The van der Waals surface area contributed by atoms with Crippen LogP contribution in [0.4, 0.5) is 5.82 Å². The highest BCUT2D eigenvalue weighted by Crippen LogP contribution is 2.24. The van der Waals surface area contributed by atoms with Crippen molar-refractivity contribution in [3.05, 3.63) is 113 Å². The molecule has 0 aliphatic carbocycles. The summed E-state index contributed by atoms with van der Waals surface area (Å²) < 4.78 is 34.1. The van der Waals surface area contributed by atoms with E-state index in [4.69, 9.17) is 4.74 Å². The van der Waals surface area contributed by atoms with Crippen molar-refractivity contribution >= 4 is 21.8 Å². The highest BCUT2D eigenvalue weighted by molar-refractivity contribution is 7.89. The van der Waals surface area contributed by atoms with Crippen molar-refractivity contribution in [3.63, 3.8) is 0 Å². The Balaban J connectivity index is 1.49. The van der Waals surface area contributed by atoms with E-state index in [9.17, 15) is 13.2 Å². The summed E-state index contributed by atoms with van der Waals surface area (Å²) in [5.74, 6) is 0.175. The molecule has 0 fully saturated rings. The summed E-state index contributed by atoms with van der Waals surface area (Å²) in [6, 6.07) is 24.3. The maximum atomic E-state index is 13.3. The molecular weight excluding hydrogens is 510 g/mol. The fraction of sp³-hybridized carbons (Fsp3) is 0.226. The van der Waals surface area contributed by atoms with Gasteiger partial charge in [0.1, 0.15) is 11.9 Å². The summed E-state index contributed by atoms with van der Waals surface area (Å²) in [4.78, 5) is 17.1. The lowest BCUT2D eigenvalue weighted by atomic mass is 9.99. The van der Waals surface area contributed by atoms with Gasteiger partial charge < -0.3 is 10.1 Å². The first-order chi connectivity index (χ1) is 18.7. The molecule has 202 valence electrons. The van der Waals surface area contributed by atoms with E-state index in [1.165, 1.54) is 7.11 Å². The average Bonchev–Trinajstić information content (AvgIpc) is 2.91. The van der Waals surface area contributed by atoms with Gasteiger partial charge in [-0.3, -0.25) is 4.79 Å². The molecule has 2 N–H and O–H groups in total. The van der Waals surface area contributed by atoms with Crippen LogP contribution in [0.15, 0.2) is 90.0 Å². The molecule has 0 radical (unpaired) electrons. The van der Waals surface area contributed by atoms with Crippen LogP contribution in [0.1, 0.15) is 27.8 Å². The first kappa shape index (κ1) is 28.0. The van der Waals surface area contributed by atoms with Gasteiger partial charge >= 0.3 is 5.97 Å². The van der Waals surface area contributed by atoms with Gasteiger partial charge in [0.2, 0.25) is 10.0 Å². The van der Waals surface area contributed by atoms with E-state index in [-0.39, 0.29) is 11.3 Å². The second-order valence-electron chi connectivity index (χ2n) is 9.59. The van der Waals surface area contributed by atoms with Crippen LogP contribution in [0.2, 0.25) is 0 Å². The third kappa shape index (κ3) is 7.10. The number of rotatable bonds is 10. The number of carbonyl (C=O) groups excluding carboxylic acids is 1. The molecule has 1 unspecified atom stereocenters. The zero-order chi connectivity index (χ0) is 28.0. The summed E-state index contributed by atoms with van der Waals surface area (Å²) >= 11 is 0. The van der Waals surface area contributed by atoms with Crippen LogP contribution < -0.4 is 10.0 Å². The van der Waals surface area contributed by atoms with Gasteiger partial charge in [0.05, 0.1) is 12.0 Å². The summed E-state index contributed by atoms with van der Waals surface area (Å²) in [5, 5.41) is 3.32. The molecule has 0 aliphatic heterocycles. The number of aromatic nitrogens is 1. The van der Waals surface area contributed by atoms with Crippen molar-refractivity contribution in [3.8, 4) is 11.1 Å². The number of ether oxygens (including phenoxy) is 1. The van der Waals surface area contributed by atoms with E-state index in [1.54, 1.807) is 20.0 Å². The number of benzene rings is 3. The van der Waals surface area contributed by atoms with Crippen molar-refractivity contribution in [1.29, 1.82) is 0 Å². The Morgan fingerprint density at radius 3 is 2.23 bits per heavy atom. The number of anilines is 1. The zero-order valence-corrected chi connectivity index (χ0v) is 23.4. The number of carbonyl (C=O) groups is 1. The molecule has 7 nitrogen and oxygen atoms in total. The minimum absolute atomic E-state index is 0.157. The molecule has 39 heavy (non-hydrogen) atoms. The van der Waals surface area contributed by atoms with Gasteiger partial charge in [0.15, 0.2) is 0 Å². The zero-order valence-electron chi connectivity index (χ0n) is 22.6.